The van der Waals surface area contributed by atoms with Crippen LogP contribution in [0.3, 0.4) is 0 Å². The van der Waals surface area contributed by atoms with Gasteiger partial charge in [-0.2, -0.15) is 0 Å². The lowest BCUT2D eigenvalue weighted by molar-refractivity contribution is 0.102. The van der Waals surface area contributed by atoms with Gasteiger partial charge in [-0.15, -0.1) is 10.2 Å². The Kier molecular flexibility index (Phi) is 5.12. The molecule has 0 saturated carbocycles. The summed E-state index contributed by atoms with van der Waals surface area (Å²) in [6.45, 7) is 4.53. The maximum atomic E-state index is 12.7. The fourth-order valence-corrected chi connectivity index (χ4v) is 3.61. The number of aromatic nitrogens is 4. The van der Waals surface area contributed by atoms with Gasteiger partial charge in [-0.25, -0.2) is 0 Å². The number of aryl methyl sites for hydroxylation is 1. The number of Topliss-reactive ketones (excluding diaryl/α,β-unsaturated/α-hetero) is 1. The molecule has 0 aliphatic rings. The van der Waals surface area contributed by atoms with Crippen molar-refractivity contribution < 1.29 is 13.6 Å². The smallest absolute Gasteiger partial charge is 0.277 e. The molecule has 0 bridgehead atoms. The molecule has 0 fully saturated rings. The molecular weight excluding hydrogens is 376 g/mol. The summed E-state index contributed by atoms with van der Waals surface area (Å²) in [4.78, 5) is 16.8. The second kappa shape index (κ2) is 7.85. The Labute approximate surface area is 165 Å². The van der Waals surface area contributed by atoms with E-state index in [1.165, 1.54) is 11.8 Å². The zero-order valence-corrected chi connectivity index (χ0v) is 16.3. The average Bonchev–Trinajstić information content (AvgIpc) is 3.45. The van der Waals surface area contributed by atoms with E-state index in [4.69, 9.17) is 8.83 Å². The maximum Gasteiger partial charge on any atom is 0.277 e. The van der Waals surface area contributed by atoms with E-state index in [-0.39, 0.29) is 11.5 Å². The van der Waals surface area contributed by atoms with Gasteiger partial charge >= 0.3 is 0 Å². The van der Waals surface area contributed by atoms with E-state index in [1.807, 2.05) is 38.1 Å². The molecule has 0 unspecified atom stereocenters. The molecule has 0 aliphatic heterocycles. The van der Waals surface area contributed by atoms with Crippen molar-refractivity contribution in [3.8, 4) is 11.5 Å². The maximum absolute atomic E-state index is 12.7. The van der Waals surface area contributed by atoms with E-state index in [0.717, 1.165) is 22.7 Å². The summed E-state index contributed by atoms with van der Waals surface area (Å²) in [6.07, 6.45) is 4.98. The summed E-state index contributed by atoms with van der Waals surface area (Å²) in [5.74, 6) is 1.48. The lowest BCUT2D eigenvalue weighted by atomic mass is 10.2. The van der Waals surface area contributed by atoms with Gasteiger partial charge in [-0.3, -0.25) is 9.78 Å². The van der Waals surface area contributed by atoms with Gasteiger partial charge < -0.3 is 13.4 Å². The molecule has 0 radical (unpaired) electrons. The Morgan fingerprint density at radius 2 is 2.11 bits per heavy atom. The molecular formula is C20H18N4O3S. The number of hydrogen-bond donors (Lipinski definition) is 0. The number of hydrogen-bond acceptors (Lipinski definition) is 7. The Hall–Kier alpha value is -3.13. The van der Waals surface area contributed by atoms with Crippen LogP contribution in [-0.2, 0) is 6.54 Å². The van der Waals surface area contributed by atoms with Crippen molar-refractivity contribution in [1.82, 2.24) is 19.7 Å². The third-order valence-electron chi connectivity index (χ3n) is 4.41. The Balaban J connectivity index is 1.44. The van der Waals surface area contributed by atoms with E-state index >= 15 is 0 Å². The third-order valence-corrected chi connectivity index (χ3v) is 5.23. The number of ketones is 1. The first kappa shape index (κ1) is 18.2. The number of carbonyl (C=O) groups excluding carboxylic acids is 1. The first-order valence-corrected chi connectivity index (χ1v) is 9.69. The topological polar surface area (TPSA) is 87.0 Å². The molecule has 4 heterocycles. The van der Waals surface area contributed by atoms with E-state index in [0.29, 0.717) is 23.2 Å². The average molecular weight is 394 g/mol. The van der Waals surface area contributed by atoms with Crippen LogP contribution in [0.25, 0.3) is 11.5 Å². The largest absolute Gasteiger partial charge is 0.467 e. The minimum Gasteiger partial charge on any atom is -0.467 e. The van der Waals surface area contributed by atoms with Gasteiger partial charge in [0, 0.05) is 29.3 Å². The molecule has 28 heavy (non-hydrogen) atoms. The molecule has 0 aromatic carbocycles. The van der Waals surface area contributed by atoms with Crippen molar-refractivity contribution in [2.75, 3.05) is 5.75 Å². The molecule has 0 atom stereocenters. The molecule has 0 spiro atoms. The number of rotatable bonds is 7. The van der Waals surface area contributed by atoms with Crippen molar-refractivity contribution >= 4 is 17.5 Å². The van der Waals surface area contributed by atoms with Crippen molar-refractivity contribution in [3.05, 3.63) is 71.7 Å². The number of furan rings is 1. The van der Waals surface area contributed by atoms with Crippen molar-refractivity contribution in [3.63, 3.8) is 0 Å². The molecule has 4 rings (SSSR count). The molecule has 4 aromatic rings. The van der Waals surface area contributed by atoms with E-state index in [2.05, 4.69) is 19.7 Å². The summed E-state index contributed by atoms with van der Waals surface area (Å²) in [5, 5.41) is 8.37. The Morgan fingerprint density at radius 1 is 1.21 bits per heavy atom. The highest BCUT2D eigenvalue weighted by Gasteiger charge is 2.18. The number of pyridine rings is 1. The zero-order chi connectivity index (χ0) is 19.5. The summed E-state index contributed by atoms with van der Waals surface area (Å²) < 4.78 is 13.1. The van der Waals surface area contributed by atoms with Crippen LogP contribution in [-0.4, -0.2) is 31.3 Å². The zero-order valence-electron chi connectivity index (χ0n) is 15.5. The summed E-state index contributed by atoms with van der Waals surface area (Å²) >= 11 is 1.23. The minimum absolute atomic E-state index is 0.0184. The van der Waals surface area contributed by atoms with Gasteiger partial charge in [0.25, 0.3) is 5.22 Å². The number of nitrogens with zero attached hydrogens (tertiary/aromatic N) is 4. The van der Waals surface area contributed by atoms with Crippen LogP contribution >= 0.6 is 11.8 Å². The van der Waals surface area contributed by atoms with Crippen LogP contribution < -0.4 is 0 Å². The summed E-state index contributed by atoms with van der Waals surface area (Å²) in [5.41, 5.74) is 3.37. The van der Waals surface area contributed by atoms with Crippen LogP contribution in [0.1, 0.15) is 27.5 Å². The first-order valence-electron chi connectivity index (χ1n) is 8.71. The van der Waals surface area contributed by atoms with Crippen molar-refractivity contribution in [2.45, 2.75) is 25.6 Å². The predicted octanol–water partition coefficient (Wildman–Crippen LogP) is 4.17. The van der Waals surface area contributed by atoms with Crippen LogP contribution in [0.5, 0.6) is 0 Å². The van der Waals surface area contributed by atoms with Crippen molar-refractivity contribution in [2.24, 2.45) is 0 Å². The summed E-state index contributed by atoms with van der Waals surface area (Å²) in [7, 11) is 0. The van der Waals surface area contributed by atoms with Crippen LogP contribution in [0.15, 0.2) is 63.0 Å². The van der Waals surface area contributed by atoms with Crippen LogP contribution in [0.4, 0.5) is 0 Å². The van der Waals surface area contributed by atoms with E-state index in [1.54, 1.807) is 24.7 Å². The van der Waals surface area contributed by atoms with Gasteiger partial charge in [-0.1, -0.05) is 11.8 Å². The second-order valence-electron chi connectivity index (χ2n) is 6.28. The molecule has 0 amide bonds. The molecule has 0 N–H and O–H groups in total. The summed E-state index contributed by atoms with van der Waals surface area (Å²) in [6, 6.07) is 9.33. The fraction of sp³-hybridized carbons (Fsp3) is 0.200. The van der Waals surface area contributed by atoms with Gasteiger partial charge in [0.05, 0.1) is 24.1 Å². The minimum atomic E-state index is 0.0184. The fourth-order valence-electron chi connectivity index (χ4n) is 2.96. The molecule has 7 nitrogen and oxygen atoms in total. The lowest BCUT2D eigenvalue weighted by Gasteiger charge is -2.07. The highest BCUT2D eigenvalue weighted by atomic mass is 32.2. The monoisotopic (exact) mass is 394 g/mol. The normalized spacial score (nSPS) is 11.1. The van der Waals surface area contributed by atoms with E-state index in [9.17, 15) is 4.79 Å². The molecule has 0 saturated heterocycles. The molecule has 0 aliphatic carbocycles. The number of carbonyl (C=O) groups is 1. The predicted molar refractivity (Wildman–Crippen MR) is 104 cm³/mol. The van der Waals surface area contributed by atoms with Crippen molar-refractivity contribution in [1.29, 1.82) is 0 Å². The highest BCUT2D eigenvalue weighted by Crippen LogP contribution is 2.25. The Bertz CT molecular complexity index is 1080. The Morgan fingerprint density at radius 3 is 2.86 bits per heavy atom. The third kappa shape index (κ3) is 3.77. The quantitative estimate of drug-likeness (QED) is 0.343. The molecule has 142 valence electrons. The van der Waals surface area contributed by atoms with E-state index < -0.39 is 0 Å². The lowest BCUT2D eigenvalue weighted by Crippen LogP contribution is -2.07. The first-order chi connectivity index (χ1) is 13.6. The van der Waals surface area contributed by atoms with Gasteiger partial charge in [0.2, 0.25) is 5.89 Å². The highest BCUT2D eigenvalue weighted by molar-refractivity contribution is 7.99. The van der Waals surface area contributed by atoms with Crippen LogP contribution in [0.2, 0.25) is 0 Å². The van der Waals surface area contributed by atoms with Gasteiger partial charge in [-0.05, 0) is 44.2 Å². The SMILES string of the molecule is Cc1cc(C(=O)CSc2nnc(-c3cccnc3)o2)c(C)n1Cc1ccco1. The van der Waals surface area contributed by atoms with Gasteiger partial charge in [0.15, 0.2) is 5.78 Å². The number of thioether (sulfide) groups is 1. The second-order valence-corrected chi connectivity index (χ2v) is 7.20. The molecule has 8 heteroatoms. The standard InChI is InChI=1S/C20H18N4O3S/c1-13-9-17(14(2)24(13)11-16-6-4-8-26-16)18(25)12-28-20-23-22-19(27-20)15-5-3-7-21-10-15/h3-10H,11-12H2,1-2H3. The van der Waals surface area contributed by atoms with Crippen LogP contribution in [0, 0.1) is 13.8 Å². The molecule has 4 aromatic heterocycles. The van der Waals surface area contributed by atoms with Gasteiger partial charge in [0.1, 0.15) is 5.76 Å².